The van der Waals surface area contributed by atoms with Crippen LogP contribution in [-0.2, 0) is 4.74 Å². The molecule has 2 fully saturated rings. The van der Waals surface area contributed by atoms with Gasteiger partial charge in [-0.25, -0.2) is 0 Å². The maximum atomic E-state index is 10.5. The molecule has 20 heavy (non-hydrogen) atoms. The maximum absolute atomic E-state index is 10.5. The Hall–Kier alpha value is -0.120. The molecular formula is C17H33NO2. The fourth-order valence-electron chi connectivity index (χ4n) is 4.00. The molecule has 0 radical (unpaired) electrons. The van der Waals surface area contributed by atoms with Crippen LogP contribution in [0.25, 0.3) is 0 Å². The Balaban J connectivity index is 2.05. The van der Waals surface area contributed by atoms with E-state index in [0.717, 1.165) is 38.8 Å². The van der Waals surface area contributed by atoms with Crippen LogP contribution in [0.5, 0.6) is 0 Å². The fraction of sp³-hybridized carbons (Fsp3) is 1.00. The summed E-state index contributed by atoms with van der Waals surface area (Å²) in [5.74, 6) is 0.714. The number of nitrogens with zero attached hydrogens (tertiary/aromatic N) is 1. The summed E-state index contributed by atoms with van der Waals surface area (Å²) in [5, 5.41) is 10.5. The molecule has 0 aromatic heterocycles. The largest absolute Gasteiger partial charge is 0.391 e. The fourth-order valence-corrected chi connectivity index (χ4v) is 4.00. The van der Waals surface area contributed by atoms with Crippen molar-refractivity contribution in [2.75, 3.05) is 20.2 Å². The van der Waals surface area contributed by atoms with Gasteiger partial charge in [0.25, 0.3) is 0 Å². The van der Waals surface area contributed by atoms with Crippen LogP contribution in [0.15, 0.2) is 0 Å². The Morgan fingerprint density at radius 1 is 1.25 bits per heavy atom. The summed E-state index contributed by atoms with van der Waals surface area (Å²) in [4.78, 5) is 2.50. The molecule has 0 aromatic carbocycles. The zero-order valence-corrected chi connectivity index (χ0v) is 14.0. The number of ether oxygens (including phenoxy) is 1. The second kappa shape index (κ2) is 5.94. The van der Waals surface area contributed by atoms with Gasteiger partial charge in [-0.2, -0.15) is 0 Å². The highest BCUT2D eigenvalue weighted by molar-refractivity contribution is 4.95. The second-order valence-electron chi connectivity index (χ2n) is 8.24. The molecule has 1 heterocycles. The molecule has 3 nitrogen and oxygen atoms in total. The highest BCUT2D eigenvalue weighted by Crippen LogP contribution is 2.40. The Kier molecular flexibility index (Phi) is 4.83. The summed E-state index contributed by atoms with van der Waals surface area (Å²) in [6.07, 6.45) is 5.39. The Morgan fingerprint density at radius 3 is 2.55 bits per heavy atom. The van der Waals surface area contributed by atoms with Crippen molar-refractivity contribution in [2.24, 2.45) is 11.3 Å². The summed E-state index contributed by atoms with van der Waals surface area (Å²) in [7, 11) is 1.82. The maximum Gasteiger partial charge on any atom is 0.0777 e. The minimum Gasteiger partial charge on any atom is -0.391 e. The number of aliphatic hydroxyl groups is 1. The number of piperidine rings is 1. The molecule has 0 spiro atoms. The molecule has 118 valence electrons. The van der Waals surface area contributed by atoms with Gasteiger partial charge < -0.3 is 9.84 Å². The van der Waals surface area contributed by atoms with Crippen molar-refractivity contribution >= 4 is 0 Å². The van der Waals surface area contributed by atoms with Crippen molar-refractivity contribution in [3.8, 4) is 0 Å². The lowest BCUT2D eigenvalue weighted by Crippen LogP contribution is -2.56. The number of hydrogen-bond donors (Lipinski definition) is 1. The van der Waals surface area contributed by atoms with Crippen LogP contribution in [-0.4, -0.2) is 48.0 Å². The van der Waals surface area contributed by atoms with Gasteiger partial charge in [-0.05, 0) is 56.9 Å². The van der Waals surface area contributed by atoms with Crippen LogP contribution in [0.2, 0.25) is 0 Å². The molecule has 2 rings (SSSR count). The summed E-state index contributed by atoms with van der Waals surface area (Å²) in [6.45, 7) is 11.3. The van der Waals surface area contributed by atoms with E-state index in [1.807, 2.05) is 7.11 Å². The van der Waals surface area contributed by atoms with E-state index in [1.165, 1.54) is 6.42 Å². The monoisotopic (exact) mass is 283 g/mol. The van der Waals surface area contributed by atoms with Crippen molar-refractivity contribution in [3.05, 3.63) is 0 Å². The van der Waals surface area contributed by atoms with E-state index in [4.69, 9.17) is 4.74 Å². The van der Waals surface area contributed by atoms with E-state index in [0.29, 0.717) is 17.4 Å². The zero-order chi connectivity index (χ0) is 15.0. The molecule has 1 N–H and O–H groups in total. The summed E-state index contributed by atoms with van der Waals surface area (Å²) in [6, 6.07) is 0.322. The summed E-state index contributed by atoms with van der Waals surface area (Å²) >= 11 is 0. The quantitative estimate of drug-likeness (QED) is 0.845. The molecule has 0 aromatic rings. The molecule has 4 unspecified atom stereocenters. The molecule has 1 saturated carbocycles. The van der Waals surface area contributed by atoms with E-state index in [2.05, 4.69) is 32.6 Å². The molecule has 2 aliphatic rings. The molecule has 1 saturated heterocycles. The van der Waals surface area contributed by atoms with Crippen LogP contribution >= 0.6 is 0 Å². The van der Waals surface area contributed by atoms with Gasteiger partial charge in [0.2, 0.25) is 0 Å². The van der Waals surface area contributed by atoms with Crippen LogP contribution in [0.1, 0.15) is 59.8 Å². The summed E-state index contributed by atoms with van der Waals surface area (Å²) in [5.41, 5.74) is 0.311. The van der Waals surface area contributed by atoms with Gasteiger partial charge in [-0.1, -0.05) is 20.8 Å². The van der Waals surface area contributed by atoms with Crippen LogP contribution < -0.4 is 0 Å². The minimum absolute atomic E-state index is 0.0351. The molecule has 1 aliphatic heterocycles. The van der Waals surface area contributed by atoms with Gasteiger partial charge in [-0.15, -0.1) is 0 Å². The lowest BCUT2D eigenvalue weighted by Gasteiger charge is -2.48. The number of aliphatic hydroxyl groups excluding tert-OH is 1. The van der Waals surface area contributed by atoms with Gasteiger partial charge in [0, 0.05) is 19.7 Å². The van der Waals surface area contributed by atoms with E-state index in [9.17, 15) is 5.11 Å². The van der Waals surface area contributed by atoms with Gasteiger partial charge >= 0.3 is 0 Å². The molecule has 0 amide bonds. The van der Waals surface area contributed by atoms with Crippen molar-refractivity contribution in [2.45, 2.75) is 77.5 Å². The average Bonchev–Trinajstić information content (AvgIpc) is 2.38. The van der Waals surface area contributed by atoms with Crippen molar-refractivity contribution in [1.82, 2.24) is 4.90 Å². The first-order valence-electron chi connectivity index (χ1n) is 8.22. The van der Waals surface area contributed by atoms with Crippen molar-refractivity contribution in [3.63, 3.8) is 0 Å². The number of likely N-dealkylation sites (tertiary alicyclic amines) is 1. The molecule has 1 aliphatic carbocycles. The van der Waals surface area contributed by atoms with Crippen LogP contribution in [0.4, 0.5) is 0 Å². The standard InChI is InChI=1S/C17H33NO2/c1-16(2,3)13-7-8-15(19)14(11-13)18-10-6-9-17(4,12-18)20-5/h13-15,19H,6-12H2,1-5H3. The minimum atomic E-state index is -0.159. The van der Waals surface area contributed by atoms with Crippen molar-refractivity contribution < 1.29 is 9.84 Å². The normalized spacial score (nSPS) is 40.8. The lowest BCUT2D eigenvalue weighted by molar-refractivity contribution is -0.0921. The Bertz CT molecular complexity index is 325. The van der Waals surface area contributed by atoms with E-state index >= 15 is 0 Å². The Morgan fingerprint density at radius 2 is 1.95 bits per heavy atom. The van der Waals surface area contributed by atoms with Gasteiger partial charge in [0.15, 0.2) is 0 Å². The molecular weight excluding hydrogens is 250 g/mol. The lowest BCUT2D eigenvalue weighted by atomic mass is 9.69. The number of hydrogen-bond acceptors (Lipinski definition) is 3. The first kappa shape index (κ1) is 16.3. The first-order chi connectivity index (χ1) is 9.25. The van der Waals surface area contributed by atoms with Gasteiger partial charge in [0.1, 0.15) is 0 Å². The van der Waals surface area contributed by atoms with Gasteiger partial charge in [0.05, 0.1) is 11.7 Å². The highest BCUT2D eigenvalue weighted by atomic mass is 16.5. The third-order valence-corrected chi connectivity index (χ3v) is 5.66. The Labute approximate surface area is 124 Å². The molecule has 0 bridgehead atoms. The predicted molar refractivity (Wildman–Crippen MR) is 82.8 cm³/mol. The average molecular weight is 283 g/mol. The van der Waals surface area contributed by atoms with E-state index < -0.39 is 0 Å². The molecule has 3 heteroatoms. The third-order valence-electron chi connectivity index (χ3n) is 5.66. The van der Waals surface area contributed by atoms with Gasteiger partial charge in [-0.3, -0.25) is 4.90 Å². The SMILES string of the molecule is COC1(C)CCCN(C2CC(C(C)(C)C)CCC2O)C1. The van der Waals surface area contributed by atoms with Crippen LogP contribution in [0, 0.1) is 11.3 Å². The topological polar surface area (TPSA) is 32.7 Å². The molecule has 4 atom stereocenters. The van der Waals surface area contributed by atoms with E-state index in [1.54, 1.807) is 0 Å². The smallest absolute Gasteiger partial charge is 0.0777 e. The first-order valence-corrected chi connectivity index (χ1v) is 8.22. The number of methoxy groups -OCH3 is 1. The second-order valence-corrected chi connectivity index (χ2v) is 8.24. The van der Waals surface area contributed by atoms with Crippen molar-refractivity contribution in [1.29, 1.82) is 0 Å². The van der Waals surface area contributed by atoms with E-state index in [-0.39, 0.29) is 11.7 Å². The third kappa shape index (κ3) is 3.55. The summed E-state index contributed by atoms with van der Waals surface area (Å²) < 4.78 is 5.71. The number of rotatable bonds is 2. The van der Waals surface area contributed by atoms with Crippen LogP contribution in [0.3, 0.4) is 0 Å². The highest BCUT2D eigenvalue weighted by Gasteiger charge is 2.41. The zero-order valence-electron chi connectivity index (χ0n) is 14.0. The predicted octanol–water partition coefficient (Wildman–Crippen LogP) is 3.06.